The normalized spacial score (nSPS) is 17.2. The minimum atomic E-state index is -0.252. The molecule has 1 aliphatic rings. The molecule has 0 radical (unpaired) electrons. The third-order valence-corrected chi connectivity index (χ3v) is 6.13. The number of pyridine rings is 1. The number of anilines is 2. The molecule has 4 rings (SSSR count). The predicted octanol–water partition coefficient (Wildman–Crippen LogP) is 3.16. The van der Waals surface area contributed by atoms with Gasteiger partial charge in [0.15, 0.2) is 0 Å². The maximum absolute atomic E-state index is 12.8. The Kier molecular flexibility index (Phi) is 5.33. The van der Waals surface area contributed by atoms with Gasteiger partial charge in [-0.2, -0.15) is 5.10 Å². The molecule has 4 heterocycles. The van der Waals surface area contributed by atoms with Gasteiger partial charge in [0.1, 0.15) is 4.83 Å². The highest BCUT2D eigenvalue weighted by Gasteiger charge is 2.32. The first kappa shape index (κ1) is 19.5. The van der Waals surface area contributed by atoms with Crippen LogP contribution in [0.1, 0.15) is 42.7 Å². The fraction of sp³-hybridized carbons (Fsp3) is 0.400. The Hall–Kier alpha value is -2.78. The van der Waals surface area contributed by atoms with Gasteiger partial charge in [0, 0.05) is 17.6 Å². The van der Waals surface area contributed by atoms with E-state index in [0.29, 0.717) is 28.7 Å². The standard InChI is InChI=1S/C20H24N6O2S/c1-12(2)25-6-4-5-17(25)19(28)23-14-9-16(13(3)21-10-14)24-18(27)15-11-22-26-7-8-29-20(15)26/h7-12,17H,4-6H2,1-3H3,(H,23,28)(H,24,27). The summed E-state index contributed by atoms with van der Waals surface area (Å²) in [5, 5.41) is 11.9. The number of nitrogens with one attached hydrogen (secondary N) is 2. The van der Waals surface area contributed by atoms with Crippen molar-refractivity contribution in [1.82, 2.24) is 19.5 Å². The van der Waals surface area contributed by atoms with Crippen LogP contribution in [0, 0.1) is 6.92 Å². The van der Waals surface area contributed by atoms with Crippen LogP contribution < -0.4 is 10.6 Å². The van der Waals surface area contributed by atoms with Crippen LogP contribution in [-0.4, -0.2) is 49.9 Å². The Morgan fingerprint density at radius 1 is 1.28 bits per heavy atom. The van der Waals surface area contributed by atoms with Gasteiger partial charge < -0.3 is 10.6 Å². The number of likely N-dealkylation sites (tertiary alicyclic amines) is 1. The molecular formula is C20H24N6O2S. The predicted molar refractivity (Wildman–Crippen MR) is 113 cm³/mol. The largest absolute Gasteiger partial charge is 0.323 e. The van der Waals surface area contributed by atoms with Gasteiger partial charge in [-0.25, -0.2) is 4.52 Å². The zero-order valence-corrected chi connectivity index (χ0v) is 17.5. The molecule has 2 N–H and O–H groups in total. The van der Waals surface area contributed by atoms with Gasteiger partial charge in [0.25, 0.3) is 5.91 Å². The van der Waals surface area contributed by atoms with Gasteiger partial charge in [-0.15, -0.1) is 11.3 Å². The molecule has 0 bridgehead atoms. The molecule has 3 aromatic heterocycles. The van der Waals surface area contributed by atoms with E-state index in [2.05, 4.69) is 39.5 Å². The average Bonchev–Trinajstić information content (AvgIpc) is 3.40. The first-order chi connectivity index (χ1) is 13.9. The molecular weight excluding hydrogens is 388 g/mol. The summed E-state index contributed by atoms with van der Waals surface area (Å²) in [6.45, 7) is 6.96. The number of carbonyl (C=O) groups excluding carboxylic acids is 2. The van der Waals surface area contributed by atoms with E-state index in [-0.39, 0.29) is 17.9 Å². The number of aromatic nitrogens is 3. The molecule has 1 saturated heterocycles. The van der Waals surface area contributed by atoms with E-state index in [9.17, 15) is 9.59 Å². The second kappa shape index (κ2) is 7.92. The molecule has 0 aromatic carbocycles. The lowest BCUT2D eigenvalue weighted by molar-refractivity contribution is -0.120. The van der Waals surface area contributed by atoms with Crippen molar-refractivity contribution >= 4 is 39.4 Å². The quantitative estimate of drug-likeness (QED) is 0.672. The molecule has 1 atom stereocenters. The molecule has 0 saturated carbocycles. The lowest BCUT2D eigenvalue weighted by Crippen LogP contribution is -2.43. The minimum Gasteiger partial charge on any atom is -0.323 e. The number of nitrogens with zero attached hydrogens (tertiary/aromatic N) is 4. The Morgan fingerprint density at radius 2 is 2.10 bits per heavy atom. The number of fused-ring (bicyclic) bond motifs is 1. The molecule has 0 spiro atoms. The maximum atomic E-state index is 12.8. The molecule has 9 heteroatoms. The summed E-state index contributed by atoms with van der Waals surface area (Å²) >= 11 is 1.45. The molecule has 1 unspecified atom stereocenters. The van der Waals surface area contributed by atoms with Crippen molar-refractivity contribution in [3.8, 4) is 0 Å². The monoisotopic (exact) mass is 412 g/mol. The molecule has 1 aliphatic heterocycles. The number of hydrogen-bond donors (Lipinski definition) is 2. The van der Waals surface area contributed by atoms with Gasteiger partial charge in [0.2, 0.25) is 5.91 Å². The molecule has 0 aliphatic carbocycles. The Bertz CT molecular complexity index is 1060. The number of hydrogen-bond acceptors (Lipinski definition) is 6. The second-order valence-corrected chi connectivity index (χ2v) is 8.40. The lowest BCUT2D eigenvalue weighted by Gasteiger charge is -2.27. The smallest absolute Gasteiger partial charge is 0.260 e. The summed E-state index contributed by atoms with van der Waals surface area (Å²) in [6, 6.07) is 1.94. The zero-order valence-electron chi connectivity index (χ0n) is 16.7. The Labute approximate surface area is 172 Å². The summed E-state index contributed by atoms with van der Waals surface area (Å²) in [7, 11) is 0. The highest BCUT2D eigenvalue weighted by Crippen LogP contribution is 2.24. The van der Waals surface area contributed by atoms with Crippen molar-refractivity contribution in [2.45, 2.75) is 45.7 Å². The summed E-state index contributed by atoms with van der Waals surface area (Å²) in [6.07, 6.45) is 6.85. The third-order valence-electron chi connectivity index (χ3n) is 5.24. The van der Waals surface area contributed by atoms with Crippen LogP contribution >= 0.6 is 11.3 Å². The number of rotatable bonds is 5. The molecule has 29 heavy (non-hydrogen) atoms. The first-order valence-corrected chi connectivity index (χ1v) is 10.6. The van der Waals surface area contributed by atoms with Crippen molar-refractivity contribution in [3.05, 3.63) is 41.3 Å². The number of aryl methyl sites for hydroxylation is 1. The van der Waals surface area contributed by atoms with E-state index in [1.807, 2.05) is 18.5 Å². The van der Waals surface area contributed by atoms with E-state index in [0.717, 1.165) is 24.2 Å². The van der Waals surface area contributed by atoms with Crippen LogP contribution in [-0.2, 0) is 4.79 Å². The summed E-state index contributed by atoms with van der Waals surface area (Å²) in [5.74, 6) is -0.284. The van der Waals surface area contributed by atoms with E-state index in [4.69, 9.17) is 0 Å². The SMILES string of the molecule is Cc1ncc(NC(=O)C2CCCN2C(C)C)cc1NC(=O)c1cnn2ccsc12. The van der Waals surface area contributed by atoms with Crippen molar-refractivity contribution < 1.29 is 9.59 Å². The molecule has 152 valence electrons. The second-order valence-electron chi connectivity index (χ2n) is 7.50. The topological polar surface area (TPSA) is 91.6 Å². The van der Waals surface area contributed by atoms with Crippen molar-refractivity contribution in [2.24, 2.45) is 0 Å². The van der Waals surface area contributed by atoms with Gasteiger partial charge in [-0.3, -0.25) is 19.5 Å². The fourth-order valence-electron chi connectivity index (χ4n) is 3.71. The highest BCUT2D eigenvalue weighted by molar-refractivity contribution is 7.15. The van der Waals surface area contributed by atoms with Crippen LogP contribution in [0.3, 0.4) is 0 Å². The Balaban J connectivity index is 1.50. The van der Waals surface area contributed by atoms with Crippen LogP contribution in [0.25, 0.3) is 4.83 Å². The van der Waals surface area contributed by atoms with Crippen molar-refractivity contribution in [1.29, 1.82) is 0 Å². The van der Waals surface area contributed by atoms with Crippen molar-refractivity contribution in [3.63, 3.8) is 0 Å². The minimum absolute atomic E-state index is 0.0314. The molecule has 1 fully saturated rings. The maximum Gasteiger partial charge on any atom is 0.260 e. The Morgan fingerprint density at radius 3 is 2.90 bits per heavy atom. The van der Waals surface area contributed by atoms with Gasteiger partial charge in [0.05, 0.1) is 41.1 Å². The van der Waals surface area contributed by atoms with E-state index in [1.165, 1.54) is 11.3 Å². The average molecular weight is 413 g/mol. The van der Waals surface area contributed by atoms with E-state index in [1.54, 1.807) is 23.0 Å². The zero-order chi connectivity index (χ0) is 20.5. The third kappa shape index (κ3) is 3.88. The van der Waals surface area contributed by atoms with Gasteiger partial charge >= 0.3 is 0 Å². The van der Waals surface area contributed by atoms with Crippen LogP contribution in [0.15, 0.2) is 30.0 Å². The summed E-state index contributed by atoms with van der Waals surface area (Å²) in [5.41, 5.74) is 2.32. The number of thiazole rings is 1. The number of carbonyl (C=O) groups is 2. The lowest BCUT2D eigenvalue weighted by atomic mass is 10.2. The van der Waals surface area contributed by atoms with Crippen LogP contribution in [0.5, 0.6) is 0 Å². The fourth-order valence-corrected chi connectivity index (χ4v) is 4.51. The van der Waals surface area contributed by atoms with Crippen LogP contribution in [0.4, 0.5) is 11.4 Å². The molecule has 2 amide bonds. The van der Waals surface area contributed by atoms with Crippen LogP contribution in [0.2, 0.25) is 0 Å². The first-order valence-electron chi connectivity index (χ1n) is 9.69. The highest BCUT2D eigenvalue weighted by atomic mass is 32.1. The summed E-state index contributed by atoms with van der Waals surface area (Å²) < 4.78 is 1.67. The molecule has 8 nitrogen and oxygen atoms in total. The molecule has 3 aromatic rings. The van der Waals surface area contributed by atoms with E-state index < -0.39 is 0 Å². The van der Waals surface area contributed by atoms with Gasteiger partial charge in [-0.1, -0.05) is 0 Å². The van der Waals surface area contributed by atoms with E-state index >= 15 is 0 Å². The van der Waals surface area contributed by atoms with Crippen molar-refractivity contribution in [2.75, 3.05) is 17.2 Å². The summed E-state index contributed by atoms with van der Waals surface area (Å²) in [4.78, 5) is 32.8. The number of amides is 2. The van der Waals surface area contributed by atoms with Gasteiger partial charge in [-0.05, 0) is 46.2 Å².